The molecule has 0 spiro atoms. The molecule has 1 aliphatic rings. The lowest BCUT2D eigenvalue weighted by Crippen LogP contribution is -2.38. The molecular weight excluding hydrogens is 513 g/mol. The fourth-order valence-electron chi connectivity index (χ4n) is 3.72. The van der Waals surface area contributed by atoms with E-state index < -0.39 is 0 Å². The first-order valence-electron chi connectivity index (χ1n) is 11.1. The average Bonchev–Trinajstić information content (AvgIpc) is 3.53. The molecular formula is C24H32IN7. The van der Waals surface area contributed by atoms with Gasteiger partial charge in [0.2, 0.25) is 0 Å². The van der Waals surface area contributed by atoms with Crippen molar-refractivity contribution in [2.75, 3.05) is 31.1 Å². The van der Waals surface area contributed by atoms with Gasteiger partial charge in [-0.2, -0.15) is 5.10 Å². The maximum Gasteiger partial charge on any atom is 0.191 e. The van der Waals surface area contributed by atoms with Crippen LogP contribution < -0.4 is 15.5 Å². The van der Waals surface area contributed by atoms with Crippen molar-refractivity contribution in [2.24, 2.45) is 4.99 Å². The molecule has 1 saturated heterocycles. The molecule has 3 aromatic rings. The minimum absolute atomic E-state index is 0. The van der Waals surface area contributed by atoms with Crippen LogP contribution in [0.5, 0.6) is 0 Å². The second kappa shape index (κ2) is 12.4. The van der Waals surface area contributed by atoms with Gasteiger partial charge in [0.15, 0.2) is 5.96 Å². The van der Waals surface area contributed by atoms with Crippen LogP contribution in [0.25, 0.3) is 5.69 Å². The number of aliphatic imine (C=N–C) groups is 1. The van der Waals surface area contributed by atoms with Crippen LogP contribution >= 0.6 is 24.0 Å². The Morgan fingerprint density at radius 1 is 1.03 bits per heavy atom. The van der Waals surface area contributed by atoms with Gasteiger partial charge in [0.1, 0.15) is 5.82 Å². The summed E-state index contributed by atoms with van der Waals surface area (Å²) in [6.07, 6.45) is 9.14. The predicted molar refractivity (Wildman–Crippen MR) is 141 cm³/mol. The molecule has 8 heteroatoms. The number of benzene rings is 1. The minimum atomic E-state index is 0. The molecule has 0 unspecified atom stereocenters. The molecule has 0 saturated carbocycles. The zero-order chi connectivity index (χ0) is 21.3. The third kappa shape index (κ3) is 6.69. The lowest BCUT2D eigenvalue weighted by atomic mass is 10.1. The highest BCUT2D eigenvalue weighted by Gasteiger charge is 2.12. The Morgan fingerprint density at radius 3 is 2.47 bits per heavy atom. The van der Waals surface area contributed by atoms with Crippen LogP contribution in [-0.4, -0.2) is 46.9 Å². The highest BCUT2D eigenvalue weighted by molar-refractivity contribution is 14.0. The number of hydrogen-bond donors (Lipinski definition) is 2. The maximum atomic E-state index is 4.72. The SMILES string of the molecule is CCNC(=NCc1ccc(N2CCCC2)nc1)NCCc1ccc(-n2cccn2)cc1.I. The standard InChI is InChI=1S/C24H31N7.HI/c1-2-25-24(28-19-21-8-11-23(27-18-21)30-15-3-4-16-30)26-14-12-20-6-9-22(10-7-20)31-17-5-13-29-31;/h5-11,13,17-18H,2-4,12,14-16,19H2,1H3,(H2,25,26,28);1H. The molecule has 0 aliphatic carbocycles. The molecule has 1 aliphatic heterocycles. The van der Waals surface area contributed by atoms with Crippen LogP contribution in [-0.2, 0) is 13.0 Å². The highest BCUT2D eigenvalue weighted by atomic mass is 127. The Kier molecular flexibility index (Phi) is 9.33. The number of hydrogen-bond acceptors (Lipinski definition) is 4. The average molecular weight is 545 g/mol. The van der Waals surface area contributed by atoms with Gasteiger partial charge in [-0.05, 0) is 61.6 Å². The Labute approximate surface area is 207 Å². The second-order valence-corrected chi connectivity index (χ2v) is 7.71. The van der Waals surface area contributed by atoms with E-state index in [2.05, 4.69) is 68.9 Å². The summed E-state index contributed by atoms with van der Waals surface area (Å²) < 4.78 is 1.87. The summed E-state index contributed by atoms with van der Waals surface area (Å²) in [5, 5.41) is 11.0. The summed E-state index contributed by atoms with van der Waals surface area (Å²) in [5.41, 5.74) is 3.47. The topological polar surface area (TPSA) is 70.4 Å². The van der Waals surface area contributed by atoms with Crippen molar-refractivity contribution in [2.45, 2.75) is 32.7 Å². The van der Waals surface area contributed by atoms with Crippen molar-refractivity contribution < 1.29 is 0 Å². The third-order valence-corrected chi connectivity index (χ3v) is 5.41. The largest absolute Gasteiger partial charge is 0.357 e. The summed E-state index contributed by atoms with van der Waals surface area (Å²) in [4.78, 5) is 11.7. The molecule has 2 aromatic heterocycles. The molecule has 3 heterocycles. The van der Waals surface area contributed by atoms with E-state index >= 15 is 0 Å². The first kappa shape index (κ1) is 24.0. The summed E-state index contributed by atoms with van der Waals surface area (Å²) in [5.74, 6) is 1.91. The zero-order valence-corrected chi connectivity index (χ0v) is 20.9. The van der Waals surface area contributed by atoms with Crippen molar-refractivity contribution >= 4 is 35.8 Å². The van der Waals surface area contributed by atoms with Gasteiger partial charge in [0.05, 0.1) is 12.2 Å². The number of rotatable bonds is 8. The Morgan fingerprint density at radius 2 is 1.81 bits per heavy atom. The van der Waals surface area contributed by atoms with Gasteiger partial charge in [-0.15, -0.1) is 24.0 Å². The van der Waals surface area contributed by atoms with Crippen molar-refractivity contribution in [3.8, 4) is 5.69 Å². The van der Waals surface area contributed by atoms with Gasteiger partial charge < -0.3 is 15.5 Å². The monoisotopic (exact) mass is 545 g/mol. The fourth-order valence-corrected chi connectivity index (χ4v) is 3.72. The van der Waals surface area contributed by atoms with Crippen molar-refractivity contribution in [3.05, 3.63) is 72.2 Å². The summed E-state index contributed by atoms with van der Waals surface area (Å²) in [6.45, 7) is 6.57. The summed E-state index contributed by atoms with van der Waals surface area (Å²) in [7, 11) is 0. The van der Waals surface area contributed by atoms with Crippen molar-refractivity contribution in [1.82, 2.24) is 25.4 Å². The number of aromatic nitrogens is 3. The van der Waals surface area contributed by atoms with E-state index in [1.807, 2.05) is 23.1 Å². The maximum absolute atomic E-state index is 4.72. The van der Waals surface area contributed by atoms with E-state index in [4.69, 9.17) is 4.99 Å². The Balaban J connectivity index is 0.00000289. The van der Waals surface area contributed by atoms with Crippen LogP contribution in [0.1, 0.15) is 30.9 Å². The van der Waals surface area contributed by atoms with E-state index in [9.17, 15) is 0 Å². The van der Waals surface area contributed by atoms with Gasteiger partial charge in [-0.1, -0.05) is 18.2 Å². The zero-order valence-electron chi connectivity index (χ0n) is 18.6. The summed E-state index contributed by atoms with van der Waals surface area (Å²) >= 11 is 0. The fraction of sp³-hybridized carbons (Fsp3) is 0.375. The van der Waals surface area contributed by atoms with Crippen molar-refractivity contribution in [3.63, 3.8) is 0 Å². The number of guanidine groups is 1. The number of nitrogens with zero attached hydrogens (tertiary/aromatic N) is 5. The van der Waals surface area contributed by atoms with E-state index in [0.29, 0.717) is 6.54 Å². The molecule has 4 rings (SSSR count). The van der Waals surface area contributed by atoms with Crippen LogP contribution in [0, 0.1) is 0 Å². The van der Waals surface area contributed by atoms with E-state index in [1.165, 1.54) is 18.4 Å². The predicted octanol–water partition coefficient (Wildman–Crippen LogP) is 3.78. The van der Waals surface area contributed by atoms with Crippen LogP contribution in [0.2, 0.25) is 0 Å². The molecule has 170 valence electrons. The first-order valence-corrected chi connectivity index (χ1v) is 11.1. The van der Waals surface area contributed by atoms with Gasteiger partial charge in [-0.25, -0.2) is 14.7 Å². The van der Waals surface area contributed by atoms with Crippen LogP contribution in [0.3, 0.4) is 0 Å². The van der Waals surface area contributed by atoms with Crippen LogP contribution in [0.15, 0.2) is 66.0 Å². The summed E-state index contributed by atoms with van der Waals surface area (Å²) in [6, 6.07) is 14.7. The van der Waals surface area contributed by atoms with Gasteiger partial charge >= 0.3 is 0 Å². The van der Waals surface area contributed by atoms with Crippen LogP contribution in [0.4, 0.5) is 5.82 Å². The molecule has 32 heavy (non-hydrogen) atoms. The minimum Gasteiger partial charge on any atom is -0.357 e. The quantitative estimate of drug-likeness (QED) is 0.256. The molecule has 0 atom stereocenters. The van der Waals surface area contributed by atoms with E-state index in [0.717, 1.165) is 55.6 Å². The van der Waals surface area contributed by atoms with E-state index in [-0.39, 0.29) is 24.0 Å². The normalized spacial score (nSPS) is 13.7. The smallest absolute Gasteiger partial charge is 0.191 e. The lowest BCUT2D eigenvalue weighted by molar-refractivity contribution is 0.798. The number of halogens is 1. The second-order valence-electron chi connectivity index (χ2n) is 7.71. The van der Waals surface area contributed by atoms with Gasteiger partial charge in [-0.3, -0.25) is 0 Å². The molecule has 0 amide bonds. The number of pyridine rings is 1. The lowest BCUT2D eigenvalue weighted by Gasteiger charge is -2.16. The number of nitrogens with one attached hydrogen (secondary N) is 2. The van der Waals surface area contributed by atoms with E-state index in [1.54, 1.807) is 6.20 Å². The Bertz CT molecular complexity index is 947. The molecule has 1 aromatic carbocycles. The molecule has 2 N–H and O–H groups in total. The van der Waals surface area contributed by atoms with Crippen molar-refractivity contribution in [1.29, 1.82) is 0 Å². The Hall–Kier alpha value is -2.62. The third-order valence-electron chi connectivity index (χ3n) is 5.41. The molecule has 7 nitrogen and oxygen atoms in total. The number of anilines is 1. The van der Waals surface area contributed by atoms with Gasteiger partial charge in [0, 0.05) is 44.8 Å². The molecule has 0 radical (unpaired) electrons. The molecule has 1 fully saturated rings. The first-order chi connectivity index (χ1) is 15.3. The van der Waals surface area contributed by atoms with Gasteiger partial charge in [0.25, 0.3) is 0 Å². The molecule has 0 bridgehead atoms. The highest BCUT2D eigenvalue weighted by Crippen LogP contribution is 2.17.